The van der Waals surface area contributed by atoms with Gasteiger partial charge in [-0.15, -0.1) is 0 Å². The molecular formula is C25H24ClN3O3. The van der Waals surface area contributed by atoms with Crippen LogP contribution in [-0.2, 0) is 4.79 Å². The van der Waals surface area contributed by atoms with Crippen LogP contribution in [0.2, 0.25) is 5.02 Å². The molecule has 6 nitrogen and oxygen atoms in total. The van der Waals surface area contributed by atoms with Crippen LogP contribution in [0.1, 0.15) is 42.5 Å². The summed E-state index contributed by atoms with van der Waals surface area (Å²) in [4.78, 5) is 32.7. The average Bonchev–Trinajstić information content (AvgIpc) is 3.47. The number of likely N-dealkylation sites (tertiary alicyclic amines) is 1. The highest BCUT2D eigenvalue weighted by atomic mass is 35.5. The van der Waals surface area contributed by atoms with E-state index in [-0.39, 0.29) is 17.9 Å². The molecule has 1 N–H and O–H groups in total. The Kier molecular flexibility index (Phi) is 5.70. The Balaban J connectivity index is 1.41. The summed E-state index contributed by atoms with van der Waals surface area (Å²) in [5, 5.41) is 3.54. The first-order chi connectivity index (χ1) is 15.6. The van der Waals surface area contributed by atoms with Gasteiger partial charge in [-0.3, -0.25) is 9.59 Å². The van der Waals surface area contributed by atoms with Crippen molar-refractivity contribution in [3.63, 3.8) is 0 Å². The van der Waals surface area contributed by atoms with Crippen LogP contribution >= 0.6 is 11.6 Å². The monoisotopic (exact) mass is 449 g/mol. The number of amides is 2. The second-order valence-corrected chi connectivity index (χ2v) is 8.96. The molecule has 1 saturated heterocycles. The molecule has 3 aromatic rings. The highest BCUT2D eigenvalue weighted by Crippen LogP contribution is 2.41. The number of hydrogen-bond donors (Lipinski definition) is 1. The lowest BCUT2D eigenvalue weighted by Crippen LogP contribution is -2.47. The van der Waals surface area contributed by atoms with Gasteiger partial charge in [-0.25, -0.2) is 4.98 Å². The standard InChI is InChI=1S/C25H24ClN3O3/c26-19-8-3-7-18(11-19)25(31)29-21-10-2-1-5-16(21)13-22(29)24(30)28-20-9-4-6-17(12-20)23-14-27-15-32-23/h3-4,6-9,11-12,14-16,21-22H,1-2,5,10,13H2,(H,28,30). The summed E-state index contributed by atoms with van der Waals surface area (Å²) < 4.78 is 5.36. The zero-order valence-corrected chi connectivity index (χ0v) is 18.3. The summed E-state index contributed by atoms with van der Waals surface area (Å²) in [7, 11) is 0. The Morgan fingerprint density at radius 1 is 1.09 bits per heavy atom. The van der Waals surface area contributed by atoms with Crippen molar-refractivity contribution in [1.82, 2.24) is 9.88 Å². The van der Waals surface area contributed by atoms with Gasteiger partial charge in [0.1, 0.15) is 6.04 Å². The van der Waals surface area contributed by atoms with Crippen LogP contribution in [0.15, 0.2) is 65.5 Å². The minimum absolute atomic E-state index is 0.0894. The van der Waals surface area contributed by atoms with Gasteiger partial charge >= 0.3 is 0 Å². The summed E-state index contributed by atoms with van der Waals surface area (Å²) in [5.74, 6) is 0.691. The van der Waals surface area contributed by atoms with Crippen molar-refractivity contribution in [3.05, 3.63) is 71.7 Å². The minimum atomic E-state index is -0.511. The Labute approximate surface area is 191 Å². The smallest absolute Gasteiger partial charge is 0.254 e. The van der Waals surface area contributed by atoms with Gasteiger partial charge in [0.05, 0.1) is 6.20 Å². The van der Waals surface area contributed by atoms with Crippen molar-refractivity contribution in [2.45, 2.75) is 44.2 Å². The number of nitrogens with zero attached hydrogens (tertiary/aromatic N) is 2. The number of nitrogens with one attached hydrogen (secondary N) is 1. The molecule has 32 heavy (non-hydrogen) atoms. The van der Waals surface area contributed by atoms with Crippen molar-refractivity contribution in [3.8, 4) is 11.3 Å². The molecule has 1 aromatic heterocycles. The van der Waals surface area contributed by atoms with E-state index >= 15 is 0 Å². The first-order valence-corrected chi connectivity index (χ1v) is 11.4. The van der Waals surface area contributed by atoms with Gasteiger partial charge in [0, 0.05) is 27.9 Å². The Morgan fingerprint density at radius 2 is 1.94 bits per heavy atom. The molecule has 3 atom stereocenters. The summed E-state index contributed by atoms with van der Waals surface area (Å²) in [6.07, 6.45) is 7.90. The normalized spacial score (nSPS) is 22.4. The van der Waals surface area contributed by atoms with Gasteiger partial charge in [-0.2, -0.15) is 0 Å². The van der Waals surface area contributed by atoms with E-state index in [0.29, 0.717) is 34.4 Å². The third kappa shape index (κ3) is 4.02. The third-order valence-electron chi connectivity index (χ3n) is 6.54. The molecule has 0 radical (unpaired) electrons. The zero-order valence-electron chi connectivity index (χ0n) is 17.5. The van der Waals surface area contributed by atoms with Gasteiger partial charge in [0.15, 0.2) is 12.2 Å². The molecule has 5 rings (SSSR count). The van der Waals surface area contributed by atoms with Crippen LogP contribution in [0.4, 0.5) is 5.69 Å². The molecular weight excluding hydrogens is 426 g/mol. The number of hydrogen-bond acceptors (Lipinski definition) is 4. The van der Waals surface area contributed by atoms with Crippen LogP contribution in [0, 0.1) is 5.92 Å². The summed E-state index contributed by atoms with van der Waals surface area (Å²) in [6, 6.07) is 14.0. The number of carbonyl (C=O) groups is 2. The Bertz CT molecular complexity index is 1130. The van der Waals surface area contributed by atoms with E-state index in [4.69, 9.17) is 16.0 Å². The van der Waals surface area contributed by atoms with Gasteiger partial charge in [0.2, 0.25) is 5.91 Å². The van der Waals surface area contributed by atoms with Gasteiger partial charge in [0.25, 0.3) is 5.91 Å². The molecule has 2 aromatic carbocycles. The van der Waals surface area contributed by atoms with Gasteiger partial charge in [-0.1, -0.05) is 42.6 Å². The number of fused-ring (bicyclic) bond motifs is 1. The molecule has 0 spiro atoms. The fourth-order valence-electron chi connectivity index (χ4n) is 5.09. The largest absolute Gasteiger partial charge is 0.444 e. The molecule has 2 amide bonds. The minimum Gasteiger partial charge on any atom is -0.444 e. The quantitative estimate of drug-likeness (QED) is 0.578. The molecule has 164 valence electrons. The first-order valence-electron chi connectivity index (χ1n) is 11.0. The van der Waals surface area contributed by atoms with E-state index in [0.717, 1.165) is 31.2 Å². The number of anilines is 1. The van der Waals surface area contributed by atoms with Crippen molar-refractivity contribution in [2.24, 2.45) is 5.92 Å². The molecule has 7 heteroatoms. The first kappa shape index (κ1) is 20.8. The van der Waals surface area contributed by atoms with Crippen molar-refractivity contribution in [2.75, 3.05) is 5.32 Å². The van der Waals surface area contributed by atoms with Gasteiger partial charge in [-0.05, 0) is 55.5 Å². The van der Waals surface area contributed by atoms with E-state index in [1.807, 2.05) is 29.2 Å². The second-order valence-electron chi connectivity index (χ2n) is 8.52. The lowest BCUT2D eigenvalue weighted by atomic mass is 9.84. The summed E-state index contributed by atoms with van der Waals surface area (Å²) in [6.45, 7) is 0. The summed E-state index contributed by atoms with van der Waals surface area (Å²) in [5.41, 5.74) is 2.01. The Morgan fingerprint density at radius 3 is 2.75 bits per heavy atom. The lowest BCUT2D eigenvalue weighted by molar-refractivity contribution is -0.120. The molecule has 1 aliphatic carbocycles. The van der Waals surface area contributed by atoms with Crippen LogP contribution in [0.25, 0.3) is 11.3 Å². The van der Waals surface area contributed by atoms with E-state index in [1.54, 1.807) is 30.5 Å². The Hall–Kier alpha value is -3.12. The maximum absolute atomic E-state index is 13.5. The van der Waals surface area contributed by atoms with Crippen LogP contribution in [0.3, 0.4) is 0 Å². The van der Waals surface area contributed by atoms with Crippen LogP contribution in [0.5, 0.6) is 0 Å². The average molecular weight is 450 g/mol. The number of aromatic nitrogens is 1. The SMILES string of the molecule is O=C(Nc1cccc(-c2cnco2)c1)C1CC2CCCCC2N1C(=O)c1cccc(Cl)c1. The second kappa shape index (κ2) is 8.79. The number of benzene rings is 2. The van der Waals surface area contributed by atoms with Crippen molar-refractivity contribution < 1.29 is 14.0 Å². The van der Waals surface area contributed by atoms with Crippen LogP contribution < -0.4 is 5.32 Å². The molecule has 2 heterocycles. The molecule has 1 aliphatic heterocycles. The number of oxazole rings is 1. The van der Waals surface area contributed by atoms with E-state index in [1.165, 1.54) is 6.39 Å². The van der Waals surface area contributed by atoms with Crippen molar-refractivity contribution >= 4 is 29.1 Å². The number of carbonyl (C=O) groups excluding carboxylic acids is 2. The molecule has 1 saturated carbocycles. The van der Waals surface area contributed by atoms with E-state index in [2.05, 4.69) is 10.3 Å². The van der Waals surface area contributed by atoms with E-state index in [9.17, 15) is 9.59 Å². The number of rotatable bonds is 4. The summed E-state index contributed by atoms with van der Waals surface area (Å²) >= 11 is 6.13. The van der Waals surface area contributed by atoms with Crippen LogP contribution in [-0.4, -0.2) is 33.8 Å². The lowest BCUT2D eigenvalue weighted by Gasteiger charge is -2.33. The van der Waals surface area contributed by atoms with Gasteiger partial charge < -0.3 is 14.6 Å². The maximum atomic E-state index is 13.5. The predicted molar refractivity (Wildman–Crippen MR) is 122 cm³/mol. The topological polar surface area (TPSA) is 75.4 Å². The number of halogens is 1. The highest BCUT2D eigenvalue weighted by Gasteiger charge is 2.47. The molecule has 2 aliphatic rings. The fraction of sp³-hybridized carbons (Fsp3) is 0.320. The highest BCUT2D eigenvalue weighted by molar-refractivity contribution is 6.31. The van der Waals surface area contributed by atoms with E-state index < -0.39 is 6.04 Å². The zero-order chi connectivity index (χ0) is 22.1. The predicted octanol–water partition coefficient (Wildman–Crippen LogP) is 5.41. The molecule has 2 fully saturated rings. The fourth-order valence-corrected chi connectivity index (χ4v) is 5.28. The molecule has 0 bridgehead atoms. The molecule has 3 unspecified atom stereocenters. The third-order valence-corrected chi connectivity index (χ3v) is 6.78. The maximum Gasteiger partial charge on any atom is 0.254 e. The van der Waals surface area contributed by atoms with Crippen molar-refractivity contribution in [1.29, 1.82) is 0 Å².